The molecule has 1 amide bonds. The monoisotopic (exact) mass is 289 g/mol. The molecule has 1 aromatic carbocycles. The zero-order chi connectivity index (χ0) is 14.5. The smallest absolute Gasteiger partial charge is 0.251 e. The van der Waals surface area contributed by atoms with Crippen LogP contribution in [0.1, 0.15) is 28.7 Å². The van der Waals surface area contributed by atoms with Crippen LogP contribution in [0.3, 0.4) is 0 Å². The highest BCUT2D eigenvalue weighted by Crippen LogP contribution is 2.05. The summed E-state index contributed by atoms with van der Waals surface area (Å²) in [7, 11) is 0. The zero-order valence-electron chi connectivity index (χ0n) is 11.0. The number of hydrogen-bond donors (Lipinski definition) is 2. The van der Waals surface area contributed by atoms with Crippen LogP contribution in [0.15, 0.2) is 30.6 Å². The maximum absolute atomic E-state index is 12.1. The molecule has 2 aromatic rings. The fourth-order valence-corrected chi connectivity index (χ4v) is 1.88. The van der Waals surface area contributed by atoms with Crippen molar-refractivity contribution < 1.29 is 4.79 Å². The fraction of sp³-hybridized carbons (Fsp3) is 0.231. The number of carbonyl (C=O) groups is 1. The van der Waals surface area contributed by atoms with Crippen molar-refractivity contribution in [1.82, 2.24) is 20.1 Å². The van der Waals surface area contributed by atoms with Gasteiger partial charge in [-0.3, -0.25) is 4.79 Å². The van der Waals surface area contributed by atoms with Crippen molar-refractivity contribution in [3.8, 4) is 0 Å². The molecule has 0 saturated heterocycles. The second-order valence-electron chi connectivity index (χ2n) is 4.16. The van der Waals surface area contributed by atoms with E-state index in [1.165, 1.54) is 0 Å². The minimum absolute atomic E-state index is 0.200. The molecule has 0 bridgehead atoms. The predicted molar refractivity (Wildman–Crippen MR) is 79.2 cm³/mol. The van der Waals surface area contributed by atoms with E-state index in [4.69, 9.17) is 18.0 Å². The zero-order valence-corrected chi connectivity index (χ0v) is 11.9. The average molecular weight is 289 g/mol. The maximum atomic E-state index is 12.1. The van der Waals surface area contributed by atoms with Crippen molar-refractivity contribution in [1.29, 1.82) is 0 Å². The quantitative estimate of drug-likeness (QED) is 0.797. The number of amides is 1. The van der Waals surface area contributed by atoms with Gasteiger partial charge < -0.3 is 15.6 Å². The third-order valence-electron chi connectivity index (χ3n) is 2.85. The van der Waals surface area contributed by atoms with Crippen LogP contribution in [0.25, 0.3) is 0 Å². The summed E-state index contributed by atoms with van der Waals surface area (Å²) in [4.78, 5) is 12.3. The van der Waals surface area contributed by atoms with E-state index >= 15 is 0 Å². The molecule has 0 unspecified atom stereocenters. The average Bonchev–Trinajstić information content (AvgIpc) is 2.92. The molecule has 0 fully saturated rings. The molecule has 20 heavy (non-hydrogen) atoms. The fourth-order valence-electron chi connectivity index (χ4n) is 1.76. The predicted octanol–water partition coefficient (Wildman–Crippen LogP) is 0.862. The summed E-state index contributed by atoms with van der Waals surface area (Å²) in [6.45, 7) is 3.07. The van der Waals surface area contributed by atoms with Gasteiger partial charge in [-0.25, -0.2) is 0 Å². The summed E-state index contributed by atoms with van der Waals surface area (Å²) < 4.78 is 1.87. The van der Waals surface area contributed by atoms with Gasteiger partial charge in [0.15, 0.2) is 5.82 Å². The molecule has 1 heterocycles. The van der Waals surface area contributed by atoms with Gasteiger partial charge in [0.25, 0.3) is 5.91 Å². The first-order valence-corrected chi connectivity index (χ1v) is 6.57. The van der Waals surface area contributed by atoms with Gasteiger partial charge in [-0.2, -0.15) is 0 Å². The van der Waals surface area contributed by atoms with E-state index in [0.29, 0.717) is 23.5 Å². The van der Waals surface area contributed by atoms with Crippen LogP contribution >= 0.6 is 12.2 Å². The Hall–Kier alpha value is -2.28. The summed E-state index contributed by atoms with van der Waals surface area (Å²) in [5.74, 6) is 0.514. The van der Waals surface area contributed by atoms with Gasteiger partial charge in [-0.05, 0) is 19.1 Å². The molecule has 0 aliphatic rings. The van der Waals surface area contributed by atoms with E-state index in [-0.39, 0.29) is 10.9 Å². The third-order valence-corrected chi connectivity index (χ3v) is 3.09. The van der Waals surface area contributed by atoms with Gasteiger partial charge in [0, 0.05) is 17.7 Å². The minimum Gasteiger partial charge on any atom is -0.389 e. The van der Waals surface area contributed by atoms with Gasteiger partial charge in [0.2, 0.25) is 0 Å². The summed E-state index contributed by atoms with van der Waals surface area (Å²) in [6, 6.07) is 6.90. The first kappa shape index (κ1) is 14.1. The standard InChI is InChI=1S/C13H15N5OS/c1-2-18-8-16-17-11(18)7-15-13(19)10-5-3-4-9(6-10)12(14)20/h3-6,8H,2,7H2,1H3,(H2,14,20)(H,15,19). The number of rotatable bonds is 5. The molecule has 0 atom stereocenters. The van der Waals surface area contributed by atoms with Gasteiger partial charge in [0.1, 0.15) is 11.3 Å². The molecule has 0 aliphatic heterocycles. The van der Waals surface area contributed by atoms with Crippen LogP contribution in [0, 0.1) is 0 Å². The first-order valence-electron chi connectivity index (χ1n) is 6.16. The van der Waals surface area contributed by atoms with Crippen LogP contribution in [0.5, 0.6) is 0 Å². The second-order valence-corrected chi connectivity index (χ2v) is 4.60. The largest absolute Gasteiger partial charge is 0.389 e. The second kappa shape index (κ2) is 6.25. The lowest BCUT2D eigenvalue weighted by Gasteiger charge is -2.07. The first-order chi connectivity index (χ1) is 9.61. The molecule has 0 spiro atoms. The Balaban J connectivity index is 2.05. The molecule has 1 aromatic heterocycles. The summed E-state index contributed by atoms with van der Waals surface area (Å²) in [6.07, 6.45) is 1.63. The van der Waals surface area contributed by atoms with E-state index in [1.54, 1.807) is 30.6 Å². The van der Waals surface area contributed by atoms with Crippen molar-refractivity contribution in [2.24, 2.45) is 5.73 Å². The van der Waals surface area contributed by atoms with E-state index in [1.807, 2.05) is 11.5 Å². The molecule has 0 radical (unpaired) electrons. The van der Waals surface area contributed by atoms with Crippen molar-refractivity contribution >= 4 is 23.1 Å². The number of aromatic nitrogens is 3. The van der Waals surface area contributed by atoms with Crippen LogP contribution in [-0.2, 0) is 13.1 Å². The van der Waals surface area contributed by atoms with Crippen LogP contribution in [0.4, 0.5) is 0 Å². The Morgan fingerprint density at radius 3 is 2.90 bits per heavy atom. The number of nitrogens with zero attached hydrogens (tertiary/aromatic N) is 3. The summed E-state index contributed by atoms with van der Waals surface area (Å²) in [5.41, 5.74) is 6.73. The number of nitrogens with one attached hydrogen (secondary N) is 1. The number of benzene rings is 1. The molecular weight excluding hydrogens is 274 g/mol. The Kier molecular flexibility index (Phi) is 4.41. The number of thiocarbonyl (C=S) groups is 1. The highest BCUT2D eigenvalue weighted by atomic mass is 32.1. The highest BCUT2D eigenvalue weighted by Gasteiger charge is 2.09. The van der Waals surface area contributed by atoms with Crippen LogP contribution in [-0.4, -0.2) is 25.7 Å². The third kappa shape index (κ3) is 3.18. The van der Waals surface area contributed by atoms with Gasteiger partial charge >= 0.3 is 0 Å². The molecule has 6 nitrogen and oxygen atoms in total. The van der Waals surface area contributed by atoms with Crippen molar-refractivity contribution in [2.75, 3.05) is 0 Å². The Labute approximate surface area is 122 Å². The molecule has 0 saturated carbocycles. The van der Waals surface area contributed by atoms with E-state index in [2.05, 4.69) is 15.5 Å². The lowest BCUT2D eigenvalue weighted by Crippen LogP contribution is -2.25. The van der Waals surface area contributed by atoms with Crippen molar-refractivity contribution in [3.05, 3.63) is 47.5 Å². The lowest BCUT2D eigenvalue weighted by atomic mass is 10.1. The number of nitrogens with two attached hydrogens (primary N) is 1. The molecule has 7 heteroatoms. The topological polar surface area (TPSA) is 85.8 Å². The number of aryl methyl sites for hydroxylation is 1. The molecule has 3 N–H and O–H groups in total. The van der Waals surface area contributed by atoms with Gasteiger partial charge in [0.05, 0.1) is 6.54 Å². The maximum Gasteiger partial charge on any atom is 0.251 e. The minimum atomic E-state index is -0.200. The van der Waals surface area contributed by atoms with Crippen molar-refractivity contribution in [2.45, 2.75) is 20.0 Å². The Morgan fingerprint density at radius 2 is 2.20 bits per heavy atom. The highest BCUT2D eigenvalue weighted by molar-refractivity contribution is 7.80. The number of carbonyl (C=O) groups excluding carboxylic acids is 1. The molecule has 104 valence electrons. The van der Waals surface area contributed by atoms with E-state index in [0.717, 1.165) is 6.54 Å². The summed E-state index contributed by atoms with van der Waals surface area (Å²) in [5, 5.41) is 10.6. The van der Waals surface area contributed by atoms with Gasteiger partial charge in [-0.15, -0.1) is 10.2 Å². The van der Waals surface area contributed by atoms with E-state index in [9.17, 15) is 4.79 Å². The molecule has 0 aliphatic carbocycles. The lowest BCUT2D eigenvalue weighted by molar-refractivity contribution is 0.0949. The summed E-state index contributed by atoms with van der Waals surface area (Å²) >= 11 is 4.90. The molecule has 2 rings (SSSR count). The normalized spacial score (nSPS) is 10.2. The number of hydrogen-bond acceptors (Lipinski definition) is 4. The Morgan fingerprint density at radius 1 is 1.45 bits per heavy atom. The van der Waals surface area contributed by atoms with Gasteiger partial charge in [-0.1, -0.05) is 24.4 Å². The molecular formula is C13H15N5OS. The van der Waals surface area contributed by atoms with E-state index < -0.39 is 0 Å². The van der Waals surface area contributed by atoms with Crippen LogP contribution < -0.4 is 11.1 Å². The Bertz CT molecular complexity index is 637. The SMILES string of the molecule is CCn1cnnc1CNC(=O)c1cccc(C(N)=S)c1. The van der Waals surface area contributed by atoms with Crippen LogP contribution in [0.2, 0.25) is 0 Å². The van der Waals surface area contributed by atoms with Crippen molar-refractivity contribution in [3.63, 3.8) is 0 Å².